The first kappa shape index (κ1) is 19.4. The van der Waals surface area contributed by atoms with Crippen LogP contribution in [0.3, 0.4) is 0 Å². The van der Waals surface area contributed by atoms with E-state index in [0.29, 0.717) is 34.7 Å². The summed E-state index contributed by atoms with van der Waals surface area (Å²) in [4.78, 5) is 29.4. The number of nitrogens with one attached hydrogen (secondary N) is 1. The van der Waals surface area contributed by atoms with Gasteiger partial charge in [-0.1, -0.05) is 18.2 Å². The minimum absolute atomic E-state index is 0.0416. The van der Waals surface area contributed by atoms with Gasteiger partial charge in [0.05, 0.1) is 31.3 Å². The lowest BCUT2D eigenvalue weighted by molar-refractivity contribution is -0.142. The van der Waals surface area contributed by atoms with E-state index in [-0.39, 0.29) is 18.3 Å². The van der Waals surface area contributed by atoms with Crippen molar-refractivity contribution in [3.8, 4) is 5.75 Å². The van der Waals surface area contributed by atoms with E-state index in [1.807, 2.05) is 31.2 Å². The largest absolute Gasteiger partial charge is 0.496 e. The van der Waals surface area contributed by atoms with Crippen molar-refractivity contribution in [3.05, 3.63) is 65.4 Å². The molecule has 0 bridgehead atoms. The zero-order chi connectivity index (χ0) is 20.1. The van der Waals surface area contributed by atoms with Crippen LogP contribution in [0.25, 0.3) is 10.9 Å². The third-order valence-corrected chi connectivity index (χ3v) is 4.42. The van der Waals surface area contributed by atoms with Crippen LogP contribution in [0.2, 0.25) is 0 Å². The number of methoxy groups -OCH3 is 1. The van der Waals surface area contributed by atoms with Crippen molar-refractivity contribution in [1.29, 1.82) is 0 Å². The number of nitrogens with zero attached hydrogens (tertiary/aromatic N) is 1. The van der Waals surface area contributed by atoms with Crippen molar-refractivity contribution in [2.24, 2.45) is 0 Å². The maximum absolute atomic E-state index is 13.1. The second-order valence-corrected chi connectivity index (χ2v) is 6.26. The quantitative estimate of drug-likeness (QED) is 0.658. The Bertz CT molecular complexity index is 1030. The lowest BCUT2D eigenvalue weighted by Gasteiger charge is -2.14. The van der Waals surface area contributed by atoms with Gasteiger partial charge in [-0.25, -0.2) is 0 Å². The summed E-state index contributed by atoms with van der Waals surface area (Å²) in [6.07, 6.45) is 1.71. The molecular weight excluding hydrogens is 356 g/mol. The number of rotatable bonds is 6. The van der Waals surface area contributed by atoms with Gasteiger partial charge in [-0.3, -0.25) is 14.6 Å². The maximum atomic E-state index is 13.1. The lowest BCUT2D eigenvalue weighted by Crippen LogP contribution is -2.18. The molecule has 0 radical (unpaired) electrons. The van der Waals surface area contributed by atoms with E-state index in [0.717, 1.165) is 10.9 Å². The summed E-state index contributed by atoms with van der Waals surface area (Å²) in [7, 11) is 1.59. The van der Waals surface area contributed by atoms with Crippen molar-refractivity contribution >= 4 is 28.5 Å². The van der Waals surface area contributed by atoms with Gasteiger partial charge >= 0.3 is 5.97 Å². The van der Waals surface area contributed by atoms with E-state index in [2.05, 4.69) is 10.3 Å². The average Bonchev–Trinajstić information content (AvgIpc) is 2.68. The second-order valence-electron chi connectivity index (χ2n) is 6.26. The van der Waals surface area contributed by atoms with Crippen molar-refractivity contribution in [2.75, 3.05) is 19.0 Å². The summed E-state index contributed by atoms with van der Waals surface area (Å²) in [5, 5.41) is 3.73. The fraction of sp³-hybridized carbons (Fsp3) is 0.227. The van der Waals surface area contributed by atoms with Crippen LogP contribution in [0.5, 0.6) is 5.75 Å². The molecule has 0 aliphatic carbocycles. The van der Waals surface area contributed by atoms with Gasteiger partial charge < -0.3 is 14.8 Å². The Hall–Kier alpha value is -3.41. The minimum Gasteiger partial charge on any atom is -0.496 e. The molecule has 1 heterocycles. The van der Waals surface area contributed by atoms with Crippen LogP contribution in [-0.4, -0.2) is 30.6 Å². The first-order valence-electron chi connectivity index (χ1n) is 9.02. The van der Waals surface area contributed by atoms with Crippen LogP contribution < -0.4 is 10.1 Å². The van der Waals surface area contributed by atoms with Gasteiger partial charge in [0.25, 0.3) is 5.91 Å². The van der Waals surface area contributed by atoms with Gasteiger partial charge in [0.2, 0.25) is 0 Å². The summed E-state index contributed by atoms with van der Waals surface area (Å²) < 4.78 is 10.4. The zero-order valence-corrected chi connectivity index (χ0v) is 16.1. The number of hydrogen-bond donors (Lipinski definition) is 1. The van der Waals surface area contributed by atoms with Crippen LogP contribution in [0, 0.1) is 6.92 Å². The molecule has 0 spiro atoms. The topological polar surface area (TPSA) is 77.5 Å². The number of aryl methyl sites for hydroxylation is 1. The molecule has 0 saturated carbocycles. The van der Waals surface area contributed by atoms with Gasteiger partial charge in [0.1, 0.15) is 5.75 Å². The number of hydrogen-bond acceptors (Lipinski definition) is 5. The van der Waals surface area contributed by atoms with Crippen LogP contribution in [0.4, 0.5) is 5.69 Å². The second kappa shape index (κ2) is 8.52. The predicted molar refractivity (Wildman–Crippen MR) is 108 cm³/mol. The fourth-order valence-corrected chi connectivity index (χ4v) is 3.18. The Labute approximate surface area is 163 Å². The Morgan fingerprint density at radius 2 is 1.93 bits per heavy atom. The van der Waals surface area contributed by atoms with E-state index >= 15 is 0 Å². The molecule has 0 atom stereocenters. The third-order valence-electron chi connectivity index (χ3n) is 4.42. The summed E-state index contributed by atoms with van der Waals surface area (Å²) in [6, 6.07) is 12.7. The zero-order valence-electron chi connectivity index (χ0n) is 16.1. The summed E-state index contributed by atoms with van der Waals surface area (Å²) in [5.74, 6) is 0.0215. The normalized spacial score (nSPS) is 10.5. The molecule has 3 rings (SSSR count). The SMILES string of the molecule is CCOC(=O)Cc1cccc(C)c1C(=O)Nc1ccc(OC)c2cccnc12. The number of aromatic nitrogens is 1. The highest BCUT2D eigenvalue weighted by atomic mass is 16.5. The van der Waals surface area contributed by atoms with Crippen molar-refractivity contribution in [2.45, 2.75) is 20.3 Å². The number of pyridine rings is 1. The van der Waals surface area contributed by atoms with Gasteiger partial charge in [-0.15, -0.1) is 0 Å². The molecule has 6 nitrogen and oxygen atoms in total. The third kappa shape index (κ3) is 3.96. The minimum atomic E-state index is -0.362. The van der Waals surface area contributed by atoms with Crippen LogP contribution in [-0.2, 0) is 16.0 Å². The van der Waals surface area contributed by atoms with Crippen LogP contribution in [0.15, 0.2) is 48.7 Å². The molecule has 3 aromatic rings. The number of carbonyl (C=O) groups is 2. The summed E-state index contributed by atoms with van der Waals surface area (Å²) >= 11 is 0. The Kier molecular flexibility index (Phi) is 5.89. The highest BCUT2D eigenvalue weighted by Crippen LogP contribution is 2.30. The summed E-state index contributed by atoms with van der Waals surface area (Å²) in [6.45, 7) is 3.90. The number of esters is 1. The van der Waals surface area contributed by atoms with Crippen molar-refractivity contribution in [3.63, 3.8) is 0 Å². The molecule has 28 heavy (non-hydrogen) atoms. The predicted octanol–water partition coefficient (Wildman–Crippen LogP) is 3.91. The average molecular weight is 378 g/mol. The molecule has 6 heteroatoms. The Balaban J connectivity index is 1.96. The first-order valence-corrected chi connectivity index (χ1v) is 9.02. The molecule has 0 unspecified atom stereocenters. The summed E-state index contributed by atoms with van der Waals surface area (Å²) in [5.41, 5.74) is 3.09. The molecular formula is C22H22N2O4. The van der Waals surface area contributed by atoms with Crippen LogP contribution in [0.1, 0.15) is 28.4 Å². The standard InChI is InChI=1S/C22H22N2O4/c1-4-28-19(25)13-15-8-5-7-14(2)20(15)22(26)24-17-10-11-18(27-3)16-9-6-12-23-21(16)17/h5-12H,4,13H2,1-3H3,(H,24,26). The van der Waals surface area contributed by atoms with Gasteiger partial charge in [0.15, 0.2) is 0 Å². The highest BCUT2D eigenvalue weighted by molar-refractivity contribution is 6.10. The maximum Gasteiger partial charge on any atom is 0.310 e. The number of fused-ring (bicyclic) bond motifs is 1. The van der Waals surface area contributed by atoms with Crippen LogP contribution >= 0.6 is 0 Å². The monoisotopic (exact) mass is 378 g/mol. The molecule has 2 aromatic carbocycles. The molecule has 0 aliphatic heterocycles. The van der Waals surface area contributed by atoms with Gasteiger partial charge in [0, 0.05) is 17.1 Å². The molecule has 1 aromatic heterocycles. The van der Waals surface area contributed by atoms with Gasteiger partial charge in [-0.2, -0.15) is 0 Å². The van der Waals surface area contributed by atoms with E-state index in [1.54, 1.807) is 38.4 Å². The van der Waals surface area contributed by atoms with Crippen molar-refractivity contribution in [1.82, 2.24) is 4.98 Å². The van der Waals surface area contributed by atoms with E-state index in [4.69, 9.17) is 9.47 Å². The molecule has 144 valence electrons. The molecule has 1 N–H and O–H groups in total. The van der Waals surface area contributed by atoms with E-state index in [1.165, 1.54) is 0 Å². The smallest absolute Gasteiger partial charge is 0.310 e. The van der Waals surface area contributed by atoms with E-state index < -0.39 is 0 Å². The molecule has 1 amide bonds. The van der Waals surface area contributed by atoms with Crippen molar-refractivity contribution < 1.29 is 19.1 Å². The number of amides is 1. The number of benzene rings is 2. The van der Waals surface area contributed by atoms with Gasteiger partial charge in [-0.05, 0) is 49.2 Å². The molecule has 0 fully saturated rings. The Morgan fingerprint density at radius 1 is 1.11 bits per heavy atom. The number of carbonyl (C=O) groups excluding carboxylic acids is 2. The fourth-order valence-electron chi connectivity index (χ4n) is 3.18. The lowest BCUT2D eigenvalue weighted by atomic mass is 9.98. The molecule has 0 saturated heterocycles. The van der Waals surface area contributed by atoms with E-state index in [9.17, 15) is 9.59 Å². The number of ether oxygens (including phenoxy) is 2. The highest BCUT2D eigenvalue weighted by Gasteiger charge is 2.18. The molecule has 0 aliphatic rings. The first-order chi connectivity index (χ1) is 13.5. The number of anilines is 1. The Morgan fingerprint density at radius 3 is 2.68 bits per heavy atom.